The van der Waals surface area contributed by atoms with Crippen LogP contribution in [0.4, 0.5) is 24.5 Å². The molecular weight excluding hydrogens is 465 g/mol. The summed E-state index contributed by atoms with van der Waals surface area (Å²) in [6.07, 6.45) is -4.84. The van der Waals surface area contributed by atoms with Gasteiger partial charge in [0.05, 0.1) is 22.7 Å². The number of carbonyl (C=O) groups is 3. The van der Waals surface area contributed by atoms with E-state index in [0.29, 0.717) is 6.07 Å². The molecule has 2 aromatic rings. The Morgan fingerprint density at radius 2 is 1.82 bits per heavy atom. The number of rotatable bonds is 5. The molecule has 0 spiro atoms. The first-order valence-corrected chi connectivity index (χ1v) is 11.0. The average molecular weight is 484 g/mol. The van der Waals surface area contributed by atoms with Crippen molar-refractivity contribution in [3.8, 4) is 0 Å². The van der Waals surface area contributed by atoms with Crippen molar-refractivity contribution in [3.63, 3.8) is 0 Å². The molecule has 1 aliphatic rings. The Labute approximate surface area is 187 Å². The van der Waals surface area contributed by atoms with Crippen LogP contribution in [-0.2, 0) is 25.8 Å². The van der Waals surface area contributed by atoms with Gasteiger partial charge in [0.2, 0.25) is 21.8 Å². The first-order valence-electron chi connectivity index (χ1n) is 9.55. The highest BCUT2D eigenvalue weighted by atomic mass is 32.2. The zero-order chi connectivity index (χ0) is 24.4. The molecule has 176 valence electrons. The fourth-order valence-electron chi connectivity index (χ4n) is 3.13. The van der Waals surface area contributed by atoms with Crippen LogP contribution in [0.25, 0.3) is 0 Å². The molecule has 1 fully saturated rings. The van der Waals surface area contributed by atoms with E-state index < -0.39 is 45.2 Å². The highest BCUT2D eigenvalue weighted by Gasteiger charge is 2.35. The van der Waals surface area contributed by atoms with Crippen LogP contribution >= 0.6 is 0 Å². The molecule has 0 aromatic heterocycles. The first-order chi connectivity index (χ1) is 15.4. The molecule has 0 radical (unpaired) electrons. The topological polar surface area (TPSA) is 125 Å². The molecule has 1 aliphatic heterocycles. The highest BCUT2D eigenvalue weighted by molar-refractivity contribution is 7.89. The monoisotopic (exact) mass is 484 g/mol. The maximum absolute atomic E-state index is 13.5. The first kappa shape index (κ1) is 24.2. The lowest BCUT2D eigenvalue weighted by molar-refractivity contribution is -0.137. The SMILES string of the molecule is CC(=O)Nc1ccc(NC(=O)c2cccc(S(=O)(=O)N3CCNC(=O)C3)c2)c(C(F)(F)F)c1. The summed E-state index contributed by atoms with van der Waals surface area (Å²) in [4.78, 5) is 35.0. The van der Waals surface area contributed by atoms with Crippen molar-refractivity contribution in [2.45, 2.75) is 18.0 Å². The third kappa shape index (κ3) is 5.68. The number of piperazine rings is 1. The minimum absolute atomic E-state index is 0.0418. The van der Waals surface area contributed by atoms with E-state index in [9.17, 15) is 36.0 Å². The zero-order valence-electron chi connectivity index (χ0n) is 17.2. The van der Waals surface area contributed by atoms with Crippen molar-refractivity contribution in [1.82, 2.24) is 9.62 Å². The summed E-state index contributed by atoms with van der Waals surface area (Å²) in [5, 5.41) is 6.87. The third-order valence-electron chi connectivity index (χ3n) is 4.63. The van der Waals surface area contributed by atoms with Gasteiger partial charge in [0.25, 0.3) is 5.91 Å². The predicted octanol–water partition coefficient (Wildman–Crippen LogP) is 2.04. The lowest BCUT2D eigenvalue weighted by atomic mass is 10.1. The molecule has 0 saturated carbocycles. The fourth-order valence-corrected chi connectivity index (χ4v) is 4.57. The molecule has 13 heteroatoms. The summed E-state index contributed by atoms with van der Waals surface area (Å²) in [5.41, 5.74) is -2.06. The molecule has 0 unspecified atom stereocenters. The average Bonchev–Trinajstić information content (AvgIpc) is 2.73. The van der Waals surface area contributed by atoms with E-state index in [4.69, 9.17) is 0 Å². The van der Waals surface area contributed by atoms with Crippen LogP contribution in [0.3, 0.4) is 0 Å². The number of hydrogen-bond donors (Lipinski definition) is 3. The number of nitrogens with one attached hydrogen (secondary N) is 3. The van der Waals surface area contributed by atoms with Gasteiger partial charge in [-0.2, -0.15) is 17.5 Å². The molecule has 9 nitrogen and oxygen atoms in total. The van der Waals surface area contributed by atoms with Crippen molar-refractivity contribution in [2.75, 3.05) is 30.3 Å². The molecule has 0 bridgehead atoms. The van der Waals surface area contributed by atoms with E-state index >= 15 is 0 Å². The smallest absolute Gasteiger partial charge is 0.354 e. The number of benzene rings is 2. The van der Waals surface area contributed by atoms with E-state index in [0.717, 1.165) is 23.4 Å². The number of halogens is 3. The van der Waals surface area contributed by atoms with Crippen LogP contribution in [-0.4, -0.2) is 50.1 Å². The molecule has 1 heterocycles. The van der Waals surface area contributed by atoms with Crippen LogP contribution in [0.5, 0.6) is 0 Å². The number of hydrogen-bond acceptors (Lipinski definition) is 5. The van der Waals surface area contributed by atoms with Crippen molar-refractivity contribution in [1.29, 1.82) is 0 Å². The molecule has 3 amide bonds. The summed E-state index contributed by atoms with van der Waals surface area (Å²) in [5.74, 6) is -2.01. The Morgan fingerprint density at radius 3 is 2.45 bits per heavy atom. The van der Waals surface area contributed by atoms with E-state index in [2.05, 4.69) is 16.0 Å². The third-order valence-corrected chi connectivity index (χ3v) is 6.47. The Kier molecular flexibility index (Phi) is 6.74. The van der Waals surface area contributed by atoms with Gasteiger partial charge in [-0.1, -0.05) is 6.07 Å². The molecule has 3 rings (SSSR count). The van der Waals surface area contributed by atoms with Crippen LogP contribution in [0.15, 0.2) is 47.4 Å². The fraction of sp³-hybridized carbons (Fsp3) is 0.250. The minimum Gasteiger partial charge on any atom is -0.354 e. The van der Waals surface area contributed by atoms with Gasteiger partial charge < -0.3 is 16.0 Å². The van der Waals surface area contributed by atoms with Crippen LogP contribution in [0, 0.1) is 0 Å². The Bertz CT molecular complexity index is 1210. The van der Waals surface area contributed by atoms with Crippen LogP contribution < -0.4 is 16.0 Å². The summed E-state index contributed by atoms with van der Waals surface area (Å²) < 4.78 is 67.1. The van der Waals surface area contributed by atoms with Gasteiger partial charge in [0.15, 0.2) is 0 Å². The maximum atomic E-state index is 13.5. The quantitative estimate of drug-likeness (QED) is 0.599. The molecular formula is C20H19F3N4O5S. The van der Waals surface area contributed by atoms with E-state index in [1.165, 1.54) is 24.3 Å². The van der Waals surface area contributed by atoms with Gasteiger partial charge in [-0.15, -0.1) is 0 Å². The van der Waals surface area contributed by atoms with Gasteiger partial charge in [-0.05, 0) is 36.4 Å². The molecule has 2 aromatic carbocycles. The second-order valence-corrected chi connectivity index (χ2v) is 9.05. The van der Waals surface area contributed by atoms with Crippen molar-refractivity contribution >= 4 is 39.1 Å². The second-order valence-electron chi connectivity index (χ2n) is 7.11. The van der Waals surface area contributed by atoms with E-state index in [1.54, 1.807) is 0 Å². The summed E-state index contributed by atoms with van der Waals surface area (Å²) in [6, 6.07) is 7.62. The standard InChI is InChI=1S/C20H19F3N4O5S/c1-12(28)25-14-5-6-17(16(10-14)20(21,22)23)26-19(30)13-3-2-4-15(9-13)33(31,32)27-8-7-24-18(29)11-27/h2-6,9-10H,7-8,11H2,1H3,(H,24,29)(H,25,28)(H,26,30). The Morgan fingerprint density at radius 1 is 1.09 bits per heavy atom. The van der Waals surface area contributed by atoms with Crippen molar-refractivity contribution in [3.05, 3.63) is 53.6 Å². The minimum atomic E-state index is -4.84. The number of amides is 3. The Hall–Kier alpha value is -3.45. The van der Waals surface area contributed by atoms with Gasteiger partial charge in [0.1, 0.15) is 0 Å². The Balaban J connectivity index is 1.88. The highest BCUT2D eigenvalue weighted by Crippen LogP contribution is 2.37. The predicted molar refractivity (Wildman–Crippen MR) is 112 cm³/mol. The van der Waals surface area contributed by atoms with E-state index in [1.807, 2.05) is 0 Å². The number of nitrogens with zero attached hydrogens (tertiary/aromatic N) is 1. The lowest BCUT2D eigenvalue weighted by Gasteiger charge is -2.26. The summed E-state index contributed by atoms with van der Waals surface area (Å²) in [7, 11) is -4.10. The van der Waals surface area contributed by atoms with Gasteiger partial charge in [-0.25, -0.2) is 8.42 Å². The molecule has 0 aliphatic carbocycles. The maximum Gasteiger partial charge on any atom is 0.418 e. The second kappa shape index (κ2) is 9.19. The summed E-state index contributed by atoms with van der Waals surface area (Å²) >= 11 is 0. The van der Waals surface area contributed by atoms with Gasteiger partial charge >= 0.3 is 6.18 Å². The summed E-state index contributed by atoms with van der Waals surface area (Å²) in [6.45, 7) is 0.932. The number of carbonyl (C=O) groups excluding carboxylic acids is 3. The molecule has 0 atom stereocenters. The normalized spacial score (nSPS) is 15.0. The zero-order valence-corrected chi connectivity index (χ0v) is 18.0. The largest absolute Gasteiger partial charge is 0.418 e. The number of anilines is 2. The van der Waals surface area contributed by atoms with Gasteiger partial charge in [0, 0.05) is 31.3 Å². The number of alkyl halides is 3. The molecule has 1 saturated heterocycles. The van der Waals surface area contributed by atoms with Crippen LogP contribution in [0.1, 0.15) is 22.8 Å². The van der Waals surface area contributed by atoms with Crippen LogP contribution in [0.2, 0.25) is 0 Å². The van der Waals surface area contributed by atoms with E-state index in [-0.39, 0.29) is 35.8 Å². The lowest BCUT2D eigenvalue weighted by Crippen LogP contribution is -2.49. The van der Waals surface area contributed by atoms with Gasteiger partial charge in [-0.3, -0.25) is 14.4 Å². The van der Waals surface area contributed by atoms with Crippen molar-refractivity contribution < 1.29 is 36.0 Å². The molecule has 33 heavy (non-hydrogen) atoms. The molecule has 3 N–H and O–H groups in total. The number of sulfonamides is 1. The van der Waals surface area contributed by atoms with Crippen molar-refractivity contribution in [2.24, 2.45) is 0 Å².